The minimum Gasteiger partial charge on any atom is -0.290 e. The first-order valence-electron chi connectivity index (χ1n) is 6.76. The van der Waals surface area contributed by atoms with Gasteiger partial charge in [-0.1, -0.05) is 36.4 Å². The fourth-order valence-corrected chi connectivity index (χ4v) is 1.88. The van der Waals surface area contributed by atoms with Gasteiger partial charge in [-0.2, -0.15) is 0 Å². The zero-order chi connectivity index (χ0) is 15.9. The SMILES string of the molecule is C/C(=C\c1ccc([N+](=O)[O-])cc1)C(=O)/C=C/c1ccccc1. The van der Waals surface area contributed by atoms with Crippen LogP contribution in [0.15, 0.2) is 66.2 Å². The zero-order valence-corrected chi connectivity index (χ0v) is 12.1. The van der Waals surface area contributed by atoms with Gasteiger partial charge in [0, 0.05) is 12.1 Å². The van der Waals surface area contributed by atoms with Crippen molar-refractivity contribution in [1.29, 1.82) is 0 Å². The largest absolute Gasteiger partial charge is 0.290 e. The van der Waals surface area contributed by atoms with Crippen LogP contribution in [0.5, 0.6) is 0 Å². The van der Waals surface area contributed by atoms with Gasteiger partial charge in [0.25, 0.3) is 5.69 Å². The Balaban J connectivity index is 2.09. The molecule has 2 rings (SSSR count). The quantitative estimate of drug-likeness (QED) is 0.469. The fraction of sp³-hybridized carbons (Fsp3) is 0.0556. The van der Waals surface area contributed by atoms with Gasteiger partial charge in [0.2, 0.25) is 0 Å². The molecule has 0 atom stereocenters. The molecular weight excluding hydrogens is 278 g/mol. The van der Waals surface area contributed by atoms with E-state index in [1.807, 2.05) is 30.3 Å². The van der Waals surface area contributed by atoms with Gasteiger partial charge in [0.1, 0.15) is 0 Å². The summed E-state index contributed by atoms with van der Waals surface area (Å²) < 4.78 is 0. The Bertz CT molecular complexity index is 729. The molecule has 110 valence electrons. The Morgan fingerprint density at radius 2 is 1.64 bits per heavy atom. The van der Waals surface area contributed by atoms with Crippen LogP contribution >= 0.6 is 0 Å². The standard InChI is InChI=1S/C18H15NO3/c1-14(13-16-7-10-17(11-8-16)19(21)22)18(20)12-9-15-5-3-2-4-6-15/h2-13H,1H3/b12-9+,14-13+. The average Bonchev–Trinajstić information content (AvgIpc) is 2.54. The fourth-order valence-electron chi connectivity index (χ4n) is 1.88. The zero-order valence-electron chi connectivity index (χ0n) is 12.1. The number of allylic oxidation sites excluding steroid dienone is 2. The summed E-state index contributed by atoms with van der Waals surface area (Å²) in [6.45, 7) is 1.72. The second-order valence-corrected chi connectivity index (χ2v) is 4.78. The molecule has 0 spiro atoms. The number of nitrogens with zero attached hydrogens (tertiary/aromatic N) is 1. The third kappa shape index (κ3) is 4.24. The van der Waals surface area contributed by atoms with Crippen molar-refractivity contribution in [3.63, 3.8) is 0 Å². The van der Waals surface area contributed by atoms with E-state index in [2.05, 4.69) is 0 Å². The highest BCUT2D eigenvalue weighted by Gasteiger charge is 2.04. The molecule has 0 fully saturated rings. The summed E-state index contributed by atoms with van der Waals surface area (Å²) in [5.41, 5.74) is 2.31. The maximum atomic E-state index is 12.0. The van der Waals surface area contributed by atoms with E-state index < -0.39 is 4.92 Å². The van der Waals surface area contributed by atoms with Gasteiger partial charge in [0.15, 0.2) is 5.78 Å². The molecule has 4 nitrogen and oxygen atoms in total. The molecule has 22 heavy (non-hydrogen) atoms. The maximum absolute atomic E-state index is 12.0. The van der Waals surface area contributed by atoms with Crippen LogP contribution in [0.4, 0.5) is 5.69 Å². The van der Waals surface area contributed by atoms with Crippen LogP contribution in [-0.2, 0) is 4.79 Å². The Kier molecular flexibility index (Phi) is 4.98. The number of hydrogen-bond acceptors (Lipinski definition) is 3. The van der Waals surface area contributed by atoms with E-state index in [9.17, 15) is 14.9 Å². The normalized spacial score (nSPS) is 11.6. The van der Waals surface area contributed by atoms with Crippen molar-refractivity contribution >= 4 is 23.6 Å². The highest BCUT2D eigenvalue weighted by atomic mass is 16.6. The molecule has 0 aromatic heterocycles. The summed E-state index contributed by atoms with van der Waals surface area (Å²) in [4.78, 5) is 22.2. The Morgan fingerprint density at radius 1 is 1.00 bits per heavy atom. The molecule has 0 radical (unpaired) electrons. The number of ketones is 1. The Hall–Kier alpha value is -3.01. The minimum absolute atomic E-state index is 0.0325. The van der Waals surface area contributed by atoms with Gasteiger partial charge in [-0.25, -0.2) is 0 Å². The van der Waals surface area contributed by atoms with E-state index in [1.54, 1.807) is 31.2 Å². The number of hydrogen-bond donors (Lipinski definition) is 0. The number of carbonyl (C=O) groups excluding carboxylic acids is 1. The molecule has 4 heteroatoms. The Labute approximate surface area is 128 Å². The predicted octanol–water partition coefficient (Wildman–Crippen LogP) is 4.28. The first-order valence-corrected chi connectivity index (χ1v) is 6.76. The highest BCUT2D eigenvalue weighted by molar-refractivity contribution is 6.08. The number of rotatable bonds is 5. The van der Waals surface area contributed by atoms with Gasteiger partial charge < -0.3 is 0 Å². The second kappa shape index (κ2) is 7.13. The van der Waals surface area contributed by atoms with Crippen molar-refractivity contribution in [1.82, 2.24) is 0 Å². The molecule has 0 aliphatic rings. The van der Waals surface area contributed by atoms with Gasteiger partial charge in [-0.15, -0.1) is 0 Å². The average molecular weight is 293 g/mol. The van der Waals surface area contributed by atoms with E-state index in [-0.39, 0.29) is 11.5 Å². The topological polar surface area (TPSA) is 60.2 Å². The van der Waals surface area contributed by atoms with Crippen LogP contribution in [0.1, 0.15) is 18.1 Å². The van der Waals surface area contributed by atoms with Gasteiger partial charge >= 0.3 is 0 Å². The van der Waals surface area contributed by atoms with E-state index in [1.165, 1.54) is 18.2 Å². The smallest absolute Gasteiger partial charge is 0.269 e. The highest BCUT2D eigenvalue weighted by Crippen LogP contribution is 2.15. The van der Waals surface area contributed by atoms with Gasteiger partial charge in [0.05, 0.1) is 4.92 Å². The van der Waals surface area contributed by atoms with Crippen molar-refractivity contribution < 1.29 is 9.72 Å². The monoisotopic (exact) mass is 293 g/mol. The van der Waals surface area contributed by atoms with Crippen molar-refractivity contribution in [3.05, 3.63) is 87.5 Å². The van der Waals surface area contributed by atoms with E-state index in [0.29, 0.717) is 5.57 Å². The molecule has 0 bridgehead atoms. The van der Waals surface area contributed by atoms with Crippen LogP contribution < -0.4 is 0 Å². The molecule has 0 aliphatic heterocycles. The van der Waals surface area contributed by atoms with Crippen molar-refractivity contribution in [2.24, 2.45) is 0 Å². The predicted molar refractivity (Wildman–Crippen MR) is 87.2 cm³/mol. The third-order valence-corrected chi connectivity index (χ3v) is 3.10. The maximum Gasteiger partial charge on any atom is 0.269 e. The molecule has 2 aromatic carbocycles. The summed E-state index contributed by atoms with van der Waals surface area (Å²) in [5.74, 6) is -0.0952. The van der Waals surface area contributed by atoms with Crippen LogP contribution in [0.3, 0.4) is 0 Å². The molecular formula is C18H15NO3. The molecule has 0 unspecified atom stereocenters. The summed E-state index contributed by atoms with van der Waals surface area (Å²) in [6, 6.07) is 15.6. The van der Waals surface area contributed by atoms with Crippen LogP contribution in [-0.4, -0.2) is 10.7 Å². The first kappa shape index (κ1) is 15.4. The molecule has 0 saturated heterocycles. The van der Waals surface area contributed by atoms with Gasteiger partial charge in [-0.05, 0) is 47.9 Å². The summed E-state index contributed by atoms with van der Waals surface area (Å²) in [7, 11) is 0. The first-order chi connectivity index (χ1) is 10.6. The van der Waals surface area contributed by atoms with Crippen LogP contribution in [0.2, 0.25) is 0 Å². The lowest BCUT2D eigenvalue weighted by atomic mass is 10.1. The van der Waals surface area contributed by atoms with Crippen molar-refractivity contribution in [2.45, 2.75) is 6.92 Å². The lowest BCUT2D eigenvalue weighted by Crippen LogP contribution is -1.94. The summed E-state index contributed by atoms with van der Waals surface area (Å²) in [6.07, 6.45) is 4.99. The molecule has 0 amide bonds. The second-order valence-electron chi connectivity index (χ2n) is 4.78. The van der Waals surface area contributed by atoms with E-state index in [4.69, 9.17) is 0 Å². The molecule has 0 aliphatic carbocycles. The van der Waals surface area contributed by atoms with E-state index >= 15 is 0 Å². The Morgan fingerprint density at radius 3 is 2.23 bits per heavy atom. The van der Waals surface area contributed by atoms with Crippen LogP contribution in [0.25, 0.3) is 12.2 Å². The molecule has 0 heterocycles. The van der Waals surface area contributed by atoms with Crippen molar-refractivity contribution in [3.8, 4) is 0 Å². The number of non-ortho nitro benzene ring substituents is 1. The number of benzene rings is 2. The number of nitro groups is 1. The molecule has 0 saturated carbocycles. The summed E-state index contributed by atoms with van der Waals surface area (Å²) in [5, 5.41) is 10.6. The summed E-state index contributed by atoms with van der Waals surface area (Å²) >= 11 is 0. The number of carbonyl (C=O) groups is 1. The minimum atomic E-state index is -0.450. The van der Waals surface area contributed by atoms with Crippen molar-refractivity contribution in [2.75, 3.05) is 0 Å². The lowest BCUT2D eigenvalue weighted by molar-refractivity contribution is -0.384. The third-order valence-electron chi connectivity index (χ3n) is 3.10. The van der Waals surface area contributed by atoms with Gasteiger partial charge in [-0.3, -0.25) is 14.9 Å². The lowest BCUT2D eigenvalue weighted by Gasteiger charge is -1.98. The van der Waals surface area contributed by atoms with Crippen LogP contribution in [0, 0.1) is 10.1 Å². The van der Waals surface area contributed by atoms with E-state index in [0.717, 1.165) is 11.1 Å². The molecule has 0 N–H and O–H groups in total. The number of nitro benzene ring substituents is 1. The molecule has 2 aromatic rings.